The maximum absolute atomic E-state index is 5.15. The third kappa shape index (κ3) is 1.42. The molecule has 4 heteroatoms. The standard InChI is InChI=1S/C6H8INO2/c1-3-9-6-5(7)4(2)10-8-6/h3H2,1-2H3. The van der Waals surface area contributed by atoms with Crippen molar-refractivity contribution in [1.82, 2.24) is 5.16 Å². The van der Waals surface area contributed by atoms with Crippen molar-refractivity contribution in [2.45, 2.75) is 13.8 Å². The molecule has 1 rings (SSSR count). The van der Waals surface area contributed by atoms with Crippen molar-refractivity contribution in [2.24, 2.45) is 0 Å². The van der Waals surface area contributed by atoms with Gasteiger partial charge in [-0.3, -0.25) is 0 Å². The number of hydrogen-bond donors (Lipinski definition) is 0. The zero-order chi connectivity index (χ0) is 7.56. The molecular weight excluding hydrogens is 245 g/mol. The van der Waals surface area contributed by atoms with Crippen molar-refractivity contribution in [3.63, 3.8) is 0 Å². The summed E-state index contributed by atoms with van der Waals surface area (Å²) >= 11 is 2.14. The lowest BCUT2D eigenvalue weighted by Gasteiger charge is -1.94. The summed E-state index contributed by atoms with van der Waals surface area (Å²) in [4.78, 5) is 0. The van der Waals surface area contributed by atoms with Gasteiger partial charge in [0.05, 0.1) is 6.61 Å². The molecule has 0 atom stereocenters. The van der Waals surface area contributed by atoms with E-state index in [4.69, 9.17) is 9.26 Å². The highest BCUT2D eigenvalue weighted by Gasteiger charge is 2.08. The Balaban J connectivity index is 2.83. The van der Waals surface area contributed by atoms with Crippen molar-refractivity contribution in [3.05, 3.63) is 9.33 Å². The molecule has 0 spiro atoms. The van der Waals surface area contributed by atoms with Gasteiger partial charge in [0.1, 0.15) is 3.57 Å². The largest absolute Gasteiger partial charge is 0.475 e. The van der Waals surface area contributed by atoms with Gasteiger partial charge in [0.15, 0.2) is 5.76 Å². The molecule has 56 valence electrons. The van der Waals surface area contributed by atoms with Gasteiger partial charge in [0, 0.05) is 0 Å². The van der Waals surface area contributed by atoms with E-state index in [-0.39, 0.29) is 0 Å². The maximum atomic E-state index is 5.15. The summed E-state index contributed by atoms with van der Waals surface area (Å²) in [5, 5.41) is 3.70. The highest BCUT2D eigenvalue weighted by molar-refractivity contribution is 14.1. The van der Waals surface area contributed by atoms with Crippen LogP contribution in [0.15, 0.2) is 4.52 Å². The molecule has 1 aromatic rings. The molecule has 0 aliphatic carbocycles. The number of aryl methyl sites for hydroxylation is 1. The molecule has 0 aliphatic heterocycles. The van der Waals surface area contributed by atoms with E-state index in [0.717, 1.165) is 9.33 Å². The van der Waals surface area contributed by atoms with E-state index < -0.39 is 0 Å². The van der Waals surface area contributed by atoms with Crippen LogP contribution in [0.4, 0.5) is 0 Å². The fourth-order valence-corrected chi connectivity index (χ4v) is 0.920. The van der Waals surface area contributed by atoms with Gasteiger partial charge in [-0.25, -0.2) is 0 Å². The third-order valence-electron chi connectivity index (χ3n) is 1.04. The van der Waals surface area contributed by atoms with Crippen LogP contribution in [0, 0.1) is 10.5 Å². The Bertz CT molecular complexity index is 222. The van der Waals surface area contributed by atoms with Crippen molar-refractivity contribution in [2.75, 3.05) is 6.61 Å². The predicted octanol–water partition coefficient (Wildman–Crippen LogP) is 1.99. The average Bonchev–Trinajstić information content (AvgIpc) is 2.20. The normalized spacial score (nSPS) is 9.90. The van der Waals surface area contributed by atoms with E-state index in [1.165, 1.54) is 0 Å². The summed E-state index contributed by atoms with van der Waals surface area (Å²) in [6.45, 7) is 4.40. The molecule has 0 saturated carbocycles. The second kappa shape index (κ2) is 3.23. The first-order chi connectivity index (χ1) is 4.75. The van der Waals surface area contributed by atoms with Crippen molar-refractivity contribution >= 4 is 22.6 Å². The lowest BCUT2D eigenvalue weighted by Crippen LogP contribution is -1.92. The summed E-state index contributed by atoms with van der Waals surface area (Å²) in [6, 6.07) is 0. The first-order valence-electron chi connectivity index (χ1n) is 3.00. The molecule has 0 unspecified atom stereocenters. The van der Waals surface area contributed by atoms with Gasteiger partial charge in [-0.2, -0.15) is 0 Å². The van der Waals surface area contributed by atoms with Gasteiger partial charge in [-0.15, -0.1) is 0 Å². The van der Waals surface area contributed by atoms with Crippen molar-refractivity contribution in [3.8, 4) is 5.88 Å². The zero-order valence-corrected chi connectivity index (χ0v) is 8.01. The molecule has 0 aliphatic rings. The van der Waals surface area contributed by atoms with Crippen LogP contribution in [0.1, 0.15) is 12.7 Å². The van der Waals surface area contributed by atoms with E-state index >= 15 is 0 Å². The number of halogens is 1. The quantitative estimate of drug-likeness (QED) is 0.756. The fourth-order valence-electron chi connectivity index (χ4n) is 0.567. The van der Waals surface area contributed by atoms with E-state index in [0.29, 0.717) is 12.5 Å². The highest BCUT2D eigenvalue weighted by Crippen LogP contribution is 2.21. The Hall–Kier alpha value is -0.260. The van der Waals surface area contributed by atoms with Gasteiger partial charge < -0.3 is 9.26 Å². The minimum atomic E-state index is 0.598. The maximum Gasteiger partial charge on any atom is 0.267 e. The average molecular weight is 253 g/mol. The monoisotopic (exact) mass is 253 g/mol. The molecule has 10 heavy (non-hydrogen) atoms. The summed E-state index contributed by atoms with van der Waals surface area (Å²) < 4.78 is 11.0. The predicted molar refractivity (Wildman–Crippen MR) is 45.1 cm³/mol. The second-order valence-corrected chi connectivity index (χ2v) is 2.87. The Morgan fingerprint density at radius 1 is 1.70 bits per heavy atom. The molecule has 1 aromatic heterocycles. The van der Waals surface area contributed by atoms with Crippen LogP contribution in [0.25, 0.3) is 0 Å². The highest BCUT2D eigenvalue weighted by atomic mass is 127. The topological polar surface area (TPSA) is 35.3 Å². The minimum absolute atomic E-state index is 0.598. The van der Waals surface area contributed by atoms with E-state index in [1.807, 2.05) is 13.8 Å². The molecular formula is C6H8INO2. The molecule has 0 bridgehead atoms. The van der Waals surface area contributed by atoms with Gasteiger partial charge >= 0.3 is 0 Å². The molecule has 3 nitrogen and oxygen atoms in total. The van der Waals surface area contributed by atoms with E-state index in [2.05, 4.69) is 27.7 Å². The first kappa shape index (κ1) is 7.84. The number of rotatable bonds is 2. The van der Waals surface area contributed by atoms with Crippen molar-refractivity contribution < 1.29 is 9.26 Å². The second-order valence-electron chi connectivity index (χ2n) is 1.79. The molecule has 0 N–H and O–H groups in total. The first-order valence-corrected chi connectivity index (χ1v) is 4.08. The van der Waals surface area contributed by atoms with Crippen LogP contribution in [0.2, 0.25) is 0 Å². The molecule has 0 radical (unpaired) electrons. The molecule has 0 amide bonds. The summed E-state index contributed by atoms with van der Waals surface area (Å²) in [5.74, 6) is 1.41. The molecule has 1 heterocycles. The lowest BCUT2D eigenvalue weighted by atomic mass is 10.5. The summed E-state index contributed by atoms with van der Waals surface area (Å²) in [7, 11) is 0. The fraction of sp³-hybridized carbons (Fsp3) is 0.500. The van der Waals surface area contributed by atoms with Gasteiger partial charge in [-0.1, -0.05) is 0 Å². The lowest BCUT2D eigenvalue weighted by molar-refractivity contribution is 0.291. The Labute approximate surface area is 72.9 Å². The number of hydrogen-bond acceptors (Lipinski definition) is 3. The van der Waals surface area contributed by atoms with Gasteiger partial charge in [-0.05, 0) is 41.6 Å². The number of aromatic nitrogens is 1. The Kier molecular flexibility index (Phi) is 2.53. The van der Waals surface area contributed by atoms with Crippen LogP contribution < -0.4 is 4.74 Å². The van der Waals surface area contributed by atoms with Gasteiger partial charge in [0.25, 0.3) is 5.88 Å². The number of nitrogens with zero attached hydrogens (tertiary/aromatic N) is 1. The SMILES string of the molecule is CCOc1noc(C)c1I. The molecule has 0 saturated heterocycles. The van der Waals surface area contributed by atoms with Crippen LogP contribution in [0.5, 0.6) is 5.88 Å². The zero-order valence-electron chi connectivity index (χ0n) is 5.85. The smallest absolute Gasteiger partial charge is 0.267 e. The van der Waals surface area contributed by atoms with E-state index in [1.54, 1.807) is 0 Å². The Morgan fingerprint density at radius 2 is 2.40 bits per heavy atom. The summed E-state index contributed by atoms with van der Waals surface area (Å²) in [5.41, 5.74) is 0. The summed E-state index contributed by atoms with van der Waals surface area (Å²) in [6.07, 6.45) is 0. The van der Waals surface area contributed by atoms with Crippen LogP contribution >= 0.6 is 22.6 Å². The van der Waals surface area contributed by atoms with Crippen LogP contribution in [-0.4, -0.2) is 11.8 Å². The van der Waals surface area contributed by atoms with Crippen LogP contribution in [-0.2, 0) is 0 Å². The van der Waals surface area contributed by atoms with Crippen molar-refractivity contribution in [1.29, 1.82) is 0 Å². The van der Waals surface area contributed by atoms with E-state index in [9.17, 15) is 0 Å². The molecule has 0 fully saturated rings. The Morgan fingerprint density at radius 3 is 2.80 bits per heavy atom. The van der Waals surface area contributed by atoms with Crippen LogP contribution in [0.3, 0.4) is 0 Å². The molecule has 0 aromatic carbocycles. The number of ether oxygens (including phenoxy) is 1. The van der Waals surface area contributed by atoms with Gasteiger partial charge in [0.2, 0.25) is 0 Å². The third-order valence-corrected chi connectivity index (χ3v) is 2.26. The minimum Gasteiger partial charge on any atom is -0.475 e.